The molecule has 1 atom stereocenters. The van der Waals surface area contributed by atoms with E-state index < -0.39 is 0 Å². The smallest absolute Gasteiger partial charge is 0.226 e. The number of carbonyl (C=O) groups is 1. The standard InChI is InChI=1S/C19H26BrN3OS.ClH/c1-23-17(12-18(24)21-16-10-8-14(20)9-11-16)13-25-19(23)22-15-6-4-2-3-5-7-15;/h8-11,15,17H,2-7,12-13H2,1H3,(H,21,24);1H/b22-19-;. The molecule has 2 fully saturated rings. The first-order chi connectivity index (χ1) is 12.1. The van der Waals surface area contributed by atoms with Crippen molar-refractivity contribution in [1.82, 2.24) is 4.90 Å². The molecule has 0 spiro atoms. The highest BCUT2D eigenvalue weighted by atomic mass is 79.9. The lowest BCUT2D eigenvalue weighted by Crippen LogP contribution is -2.34. The number of carbonyl (C=O) groups excluding carboxylic acids is 1. The number of anilines is 1. The van der Waals surface area contributed by atoms with Gasteiger partial charge in [-0.05, 0) is 37.1 Å². The summed E-state index contributed by atoms with van der Waals surface area (Å²) in [5.41, 5.74) is 0.842. The second-order valence-electron chi connectivity index (χ2n) is 6.89. The van der Waals surface area contributed by atoms with Crippen LogP contribution in [0.25, 0.3) is 0 Å². The summed E-state index contributed by atoms with van der Waals surface area (Å²) >= 11 is 5.21. The summed E-state index contributed by atoms with van der Waals surface area (Å²) in [7, 11) is 2.08. The highest BCUT2D eigenvalue weighted by Gasteiger charge is 2.29. The number of benzene rings is 1. The van der Waals surface area contributed by atoms with E-state index in [2.05, 4.69) is 33.2 Å². The normalized spacial score (nSPS) is 22.8. The van der Waals surface area contributed by atoms with Crippen LogP contribution in [0.3, 0.4) is 0 Å². The van der Waals surface area contributed by atoms with Gasteiger partial charge in [-0.3, -0.25) is 9.79 Å². The van der Waals surface area contributed by atoms with Gasteiger partial charge >= 0.3 is 0 Å². The largest absolute Gasteiger partial charge is 0.350 e. The highest BCUT2D eigenvalue weighted by Crippen LogP contribution is 2.28. The molecular weight excluding hydrogens is 434 g/mol. The molecule has 1 amide bonds. The highest BCUT2D eigenvalue weighted by molar-refractivity contribution is 9.10. The zero-order valence-corrected chi connectivity index (χ0v) is 18.3. The van der Waals surface area contributed by atoms with Crippen molar-refractivity contribution in [3.63, 3.8) is 0 Å². The third-order valence-corrected chi connectivity index (χ3v) is 6.65. The third-order valence-electron chi connectivity index (χ3n) is 4.92. The second kappa shape index (κ2) is 10.6. The number of amidine groups is 1. The van der Waals surface area contributed by atoms with Crippen molar-refractivity contribution in [2.24, 2.45) is 4.99 Å². The molecule has 144 valence electrons. The first kappa shape index (κ1) is 21.6. The van der Waals surface area contributed by atoms with Gasteiger partial charge in [0.25, 0.3) is 0 Å². The summed E-state index contributed by atoms with van der Waals surface area (Å²) in [6.07, 6.45) is 8.23. The Morgan fingerprint density at radius 1 is 1.23 bits per heavy atom. The maximum absolute atomic E-state index is 12.3. The number of nitrogens with one attached hydrogen (secondary N) is 1. The predicted octanol–water partition coefficient (Wildman–Crippen LogP) is 5.33. The molecule has 1 heterocycles. The Hall–Kier alpha value is -0.720. The van der Waals surface area contributed by atoms with Crippen LogP contribution in [0.2, 0.25) is 0 Å². The number of thioether (sulfide) groups is 1. The minimum Gasteiger partial charge on any atom is -0.350 e. The van der Waals surface area contributed by atoms with Gasteiger partial charge in [-0.15, -0.1) is 12.4 Å². The quantitative estimate of drug-likeness (QED) is 0.618. The summed E-state index contributed by atoms with van der Waals surface area (Å²) in [6, 6.07) is 8.39. The van der Waals surface area contributed by atoms with Crippen molar-refractivity contribution in [2.75, 3.05) is 18.1 Å². The fraction of sp³-hybridized carbons (Fsp3) is 0.579. The molecule has 1 aliphatic heterocycles. The number of halogens is 2. The molecule has 0 aromatic heterocycles. The molecule has 0 radical (unpaired) electrons. The Morgan fingerprint density at radius 3 is 2.54 bits per heavy atom. The fourth-order valence-electron chi connectivity index (χ4n) is 3.37. The van der Waals surface area contributed by atoms with Gasteiger partial charge in [-0.25, -0.2) is 0 Å². The Kier molecular flexibility index (Phi) is 8.77. The molecule has 4 nitrogen and oxygen atoms in total. The minimum absolute atomic E-state index is 0. The van der Waals surface area contributed by atoms with E-state index in [9.17, 15) is 4.79 Å². The van der Waals surface area contributed by atoms with Gasteiger partial charge in [0.1, 0.15) is 0 Å². The lowest BCUT2D eigenvalue weighted by Gasteiger charge is -2.21. The van der Waals surface area contributed by atoms with E-state index in [1.807, 2.05) is 24.3 Å². The van der Waals surface area contributed by atoms with Crippen molar-refractivity contribution in [2.45, 2.75) is 57.0 Å². The number of amides is 1. The molecule has 1 aromatic rings. The first-order valence-corrected chi connectivity index (χ1v) is 10.9. The molecular formula is C19H27BrClN3OS. The van der Waals surface area contributed by atoms with Crippen molar-refractivity contribution in [3.8, 4) is 0 Å². The van der Waals surface area contributed by atoms with E-state index in [4.69, 9.17) is 4.99 Å². The number of nitrogens with zero attached hydrogens (tertiary/aromatic N) is 2. The van der Waals surface area contributed by atoms with Crippen LogP contribution in [0.4, 0.5) is 5.69 Å². The number of hydrogen-bond acceptors (Lipinski definition) is 3. The van der Waals surface area contributed by atoms with Gasteiger partial charge in [0, 0.05) is 35.4 Å². The molecule has 0 bridgehead atoms. The van der Waals surface area contributed by atoms with Crippen LogP contribution < -0.4 is 5.32 Å². The van der Waals surface area contributed by atoms with Crippen molar-refractivity contribution < 1.29 is 4.79 Å². The van der Waals surface area contributed by atoms with Crippen LogP contribution >= 0.6 is 40.1 Å². The van der Waals surface area contributed by atoms with Crippen molar-refractivity contribution in [3.05, 3.63) is 28.7 Å². The van der Waals surface area contributed by atoms with Crippen LogP contribution in [0.1, 0.15) is 44.9 Å². The predicted molar refractivity (Wildman–Crippen MR) is 118 cm³/mol. The molecule has 7 heteroatoms. The zero-order valence-electron chi connectivity index (χ0n) is 15.1. The van der Waals surface area contributed by atoms with Crippen LogP contribution in [0.5, 0.6) is 0 Å². The molecule has 1 N–H and O–H groups in total. The molecule has 1 saturated carbocycles. The van der Waals surface area contributed by atoms with Crippen molar-refractivity contribution >= 4 is 56.9 Å². The average Bonchev–Trinajstić information content (AvgIpc) is 2.79. The van der Waals surface area contributed by atoms with Gasteiger partial charge in [0.05, 0.1) is 6.04 Å². The van der Waals surface area contributed by atoms with Gasteiger partial charge in [0.15, 0.2) is 5.17 Å². The topological polar surface area (TPSA) is 44.7 Å². The van der Waals surface area contributed by atoms with E-state index in [-0.39, 0.29) is 24.4 Å². The summed E-state index contributed by atoms with van der Waals surface area (Å²) in [5, 5.41) is 4.10. The first-order valence-electron chi connectivity index (χ1n) is 9.10. The number of rotatable bonds is 4. The Morgan fingerprint density at radius 2 is 1.88 bits per heavy atom. The number of hydrogen-bond donors (Lipinski definition) is 1. The Labute approximate surface area is 175 Å². The third kappa shape index (κ3) is 6.17. The van der Waals surface area contributed by atoms with Crippen LogP contribution in [0, 0.1) is 0 Å². The molecule has 1 saturated heterocycles. The summed E-state index contributed by atoms with van der Waals surface area (Å²) in [5.74, 6) is 1.01. The van der Waals surface area contributed by atoms with E-state index in [1.165, 1.54) is 38.5 Å². The fourth-order valence-corrected chi connectivity index (χ4v) is 4.89. The summed E-state index contributed by atoms with van der Waals surface area (Å²) in [4.78, 5) is 19.5. The lowest BCUT2D eigenvalue weighted by atomic mass is 10.1. The maximum Gasteiger partial charge on any atom is 0.226 e. The van der Waals surface area contributed by atoms with E-state index in [0.29, 0.717) is 12.5 Å². The molecule has 26 heavy (non-hydrogen) atoms. The summed E-state index contributed by atoms with van der Waals surface area (Å²) < 4.78 is 1.01. The maximum atomic E-state index is 12.3. The minimum atomic E-state index is 0. The van der Waals surface area contributed by atoms with E-state index >= 15 is 0 Å². The second-order valence-corrected chi connectivity index (χ2v) is 8.79. The average molecular weight is 461 g/mol. The molecule has 3 rings (SSSR count). The van der Waals surface area contributed by atoms with Crippen LogP contribution in [-0.4, -0.2) is 40.9 Å². The Bertz CT molecular complexity index is 618. The van der Waals surface area contributed by atoms with Crippen LogP contribution in [0.15, 0.2) is 33.7 Å². The monoisotopic (exact) mass is 459 g/mol. The molecule has 2 aliphatic rings. The zero-order chi connectivity index (χ0) is 17.6. The molecule has 1 aromatic carbocycles. The SMILES string of the molecule is CN1/C(=N/C2CCCCCC2)SCC1CC(=O)Nc1ccc(Br)cc1.Cl. The van der Waals surface area contributed by atoms with Crippen LogP contribution in [-0.2, 0) is 4.79 Å². The van der Waals surface area contributed by atoms with Gasteiger partial charge in [0.2, 0.25) is 5.91 Å². The van der Waals surface area contributed by atoms with Gasteiger partial charge in [-0.2, -0.15) is 0 Å². The number of aliphatic imine (C=N–C) groups is 1. The molecule has 1 aliphatic carbocycles. The molecule has 1 unspecified atom stereocenters. The van der Waals surface area contributed by atoms with E-state index in [1.54, 1.807) is 11.8 Å². The van der Waals surface area contributed by atoms with E-state index in [0.717, 1.165) is 21.1 Å². The van der Waals surface area contributed by atoms with Gasteiger partial charge in [-0.1, -0.05) is 53.4 Å². The van der Waals surface area contributed by atoms with Gasteiger partial charge < -0.3 is 10.2 Å². The summed E-state index contributed by atoms with van der Waals surface area (Å²) in [6.45, 7) is 0. The Balaban J connectivity index is 0.00000243. The lowest BCUT2D eigenvalue weighted by molar-refractivity contribution is -0.116. The van der Waals surface area contributed by atoms with Crippen molar-refractivity contribution in [1.29, 1.82) is 0 Å².